The molecule has 4 nitrogen and oxygen atoms in total. The molecular formula is C11H17NO3S. The first-order valence-corrected chi connectivity index (χ1v) is 6.82. The molecule has 0 aromatic heterocycles. The Morgan fingerprint density at radius 1 is 1.25 bits per heavy atom. The second-order valence-corrected chi connectivity index (χ2v) is 5.77. The number of sulfonamides is 1. The number of benzene rings is 1. The van der Waals surface area contributed by atoms with Gasteiger partial charge in [0.1, 0.15) is 5.75 Å². The van der Waals surface area contributed by atoms with Gasteiger partial charge in [0, 0.05) is 13.6 Å². The van der Waals surface area contributed by atoms with Gasteiger partial charge in [-0.15, -0.1) is 0 Å². The number of hydrogen-bond donors (Lipinski definition) is 0. The molecule has 5 heteroatoms. The summed E-state index contributed by atoms with van der Waals surface area (Å²) in [6.07, 6.45) is 1.91. The van der Waals surface area contributed by atoms with Crippen LogP contribution in [0.5, 0.6) is 5.75 Å². The molecule has 0 aliphatic carbocycles. The van der Waals surface area contributed by atoms with Gasteiger partial charge < -0.3 is 4.74 Å². The normalized spacial score (nSPS) is 11.8. The summed E-state index contributed by atoms with van der Waals surface area (Å²) in [4.78, 5) is 0. The lowest BCUT2D eigenvalue weighted by Gasteiger charge is -2.13. The third-order valence-corrected chi connectivity index (χ3v) is 3.76. The van der Waals surface area contributed by atoms with Gasteiger partial charge in [-0.1, -0.05) is 12.1 Å². The van der Waals surface area contributed by atoms with Gasteiger partial charge in [0.2, 0.25) is 10.0 Å². The Labute approximate surface area is 96.9 Å². The number of hydrogen-bond acceptors (Lipinski definition) is 3. The van der Waals surface area contributed by atoms with Crippen LogP contribution in [0.2, 0.25) is 0 Å². The average Bonchev–Trinajstić information content (AvgIpc) is 2.25. The van der Waals surface area contributed by atoms with Gasteiger partial charge in [0.15, 0.2) is 0 Å². The van der Waals surface area contributed by atoms with Crippen molar-refractivity contribution < 1.29 is 13.2 Å². The van der Waals surface area contributed by atoms with Crippen LogP contribution >= 0.6 is 0 Å². The van der Waals surface area contributed by atoms with Crippen LogP contribution in [0, 0.1) is 0 Å². The van der Waals surface area contributed by atoms with Crippen LogP contribution in [0.25, 0.3) is 0 Å². The molecule has 0 N–H and O–H groups in total. The summed E-state index contributed by atoms with van der Waals surface area (Å²) in [5, 5.41) is 0. The molecule has 0 atom stereocenters. The summed E-state index contributed by atoms with van der Waals surface area (Å²) in [6, 6.07) is 7.62. The molecule has 16 heavy (non-hydrogen) atoms. The fraction of sp³-hybridized carbons (Fsp3) is 0.455. The first kappa shape index (κ1) is 13.0. The predicted molar refractivity (Wildman–Crippen MR) is 64.2 cm³/mol. The molecule has 1 aromatic rings. The number of methoxy groups -OCH3 is 1. The summed E-state index contributed by atoms with van der Waals surface area (Å²) >= 11 is 0. The van der Waals surface area contributed by atoms with E-state index in [9.17, 15) is 8.42 Å². The van der Waals surface area contributed by atoms with Crippen molar-refractivity contribution >= 4 is 10.0 Å². The zero-order valence-corrected chi connectivity index (χ0v) is 10.6. The van der Waals surface area contributed by atoms with E-state index in [1.54, 1.807) is 14.2 Å². The molecular weight excluding hydrogens is 226 g/mol. The van der Waals surface area contributed by atoms with Gasteiger partial charge in [-0.2, -0.15) is 0 Å². The highest BCUT2D eigenvalue weighted by Gasteiger charge is 2.09. The zero-order valence-electron chi connectivity index (χ0n) is 9.80. The van der Waals surface area contributed by atoms with Crippen LogP contribution in [0.15, 0.2) is 24.3 Å². The molecule has 0 aliphatic heterocycles. The second kappa shape index (κ2) is 5.32. The molecule has 1 rings (SSSR count). The maximum absolute atomic E-state index is 11.2. The lowest BCUT2D eigenvalue weighted by molar-refractivity contribution is 0.414. The summed E-state index contributed by atoms with van der Waals surface area (Å²) < 4.78 is 28.7. The van der Waals surface area contributed by atoms with E-state index in [0.29, 0.717) is 13.0 Å². The quantitative estimate of drug-likeness (QED) is 0.779. The molecule has 90 valence electrons. The Balaban J connectivity index is 2.55. The molecule has 0 aliphatic rings. The Hall–Kier alpha value is -1.07. The van der Waals surface area contributed by atoms with Gasteiger partial charge >= 0.3 is 0 Å². The first-order valence-electron chi connectivity index (χ1n) is 4.97. The van der Waals surface area contributed by atoms with E-state index in [1.807, 2.05) is 24.3 Å². The molecule has 0 bridgehead atoms. The van der Waals surface area contributed by atoms with Crippen molar-refractivity contribution in [3.63, 3.8) is 0 Å². The van der Waals surface area contributed by atoms with Gasteiger partial charge in [0.25, 0.3) is 0 Å². The van der Waals surface area contributed by atoms with E-state index in [0.717, 1.165) is 11.3 Å². The molecule has 0 unspecified atom stereocenters. The van der Waals surface area contributed by atoms with Crippen molar-refractivity contribution in [2.45, 2.75) is 6.42 Å². The number of likely N-dealkylation sites (N-methyl/N-ethyl adjacent to an activating group) is 1. The van der Waals surface area contributed by atoms with Crippen molar-refractivity contribution in [1.82, 2.24) is 4.31 Å². The molecule has 0 saturated heterocycles. The summed E-state index contributed by atoms with van der Waals surface area (Å²) in [6.45, 7) is 0.491. The van der Waals surface area contributed by atoms with Crippen LogP contribution in [0.1, 0.15) is 5.56 Å². The van der Waals surface area contributed by atoms with E-state index in [1.165, 1.54) is 10.6 Å². The molecule has 0 fully saturated rings. The standard InChI is InChI=1S/C11H17NO3S/c1-12(16(3,13)14)9-8-10-4-6-11(15-2)7-5-10/h4-7H,8-9H2,1-3H3. The van der Waals surface area contributed by atoms with Crippen molar-refractivity contribution in [2.75, 3.05) is 27.0 Å². The topological polar surface area (TPSA) is 46.6 Å². The fourth-order valence-electron chi connectivity index (χ4n) is 1.24. The molecule has 1 aromatic carbocycles. The molecule has 0 radical (unpaired) electrons. The van der Waals surface area contributed by atoms with Crippen LogP contribution in [-0.4, -0.2) is 39.7 Å². The highest BCUT2D eigenvalue weighted by molar-refractivity contribution is 7.88. The molecule has 0 spiro atoms. The summed E-state index contributed by atoms with van der Waals surface area (Å²) in [7, 11) is 0.123. The van der Waals surface area contributed by atoms with E-state index in [-0.39, 0.29) is 0 Å². The molecule has 0 saturated carbocycles. The number of rotatable bonds is 5. The Morgan fingerprint density at radius 2 is 1.81 bits per heavy atom. The van der Waals surface area contributed by atoms with E-state index in [4.69, 9.17) is 4.74 Å². The largest absolute Gasteiger partial charge is 0.497 e. The molecule has 0 heterocycles. The smallest absolute Gasteiger partial charge is 0.210 e. The van der Waals surface area contributed by atoms with Gasteiger partial charge in [-0.3, -0.25) is 0 Å². The van der Waals surface area contributed by atoms with E-state index in [2.05, 4.69) is 0 Å². The minimum Gasteiger partial charge on any atom is -0.497 e. The minimum atomic E-state index is -3.08. The van der Waals surface area contributed by atoms with Crippen molar-refractivity contribution in [3.8, 4) is 5.75 Å². The first-order chi connectivity index (χ1) is 7.43. The van der Waals surface area contributed by atoms with Crippen molar-refractivity contribution in [3.05, 3.63) is 29.8 Å². The number of nitrogens with zero attached hydrogens (tertiary/aromatic N) is 1. The van der Waals surface area contributed by atoms with Crippen LogP contribution in [0.4, 0.5) is 0 Å². The van der Waals surface area contributed by atoms with E-state index < -0.39 is 10.0 Å². The van der Waals surface area contributed by atoms with Crippen LogP contribution < -0.4 is 4.74 Å². The lowest BCUT2D eigenvalue weighted by atomic mass is 10.1. The zero-order chi connectivity index (χ0) is 12.2. The van der Waals surface area contributed by atoms with E-state index >= 15 is 0 Å². The Kier molecular flexibility index (Phi) is 4.32. The highest BCUT2D eigenvalue weighted by Crippen LogP contribution is 2.12. The average molecular weight is 243 g/mol. The van der Waals surface area contributed by atoms with Gasteiger partial charge in [0.05, 0.1) is 13.4 Å². The van der Waals surface area contributed by atoms with Crippen molar-refractivity contribution in [1.29, 1.82) is 0 Å². The SMILES string of the molecule is COc1ccc(CCN(C)S(C)(=O)=O)cc1. The van der Waals surface area contributed by atoms with Crippen LogP contribution in [-0.2, 0) is 16.4 Å². The minimum absolute atomic E-state index is 0.491. The summed E-state index contributed by atoms with van der Waals surface area (Å²) in [5.41, 5.74) is 1.09. The second-order valence-electron chi connectivity index (χ2n) is 3.68. The number of ether oxygens (including phenoxy) is 1. The predicted octanol–water partition coefficient (Wildman–Crippen LogP) is 1.13. The Morgan fingerprint density at radius 3 is 2.25 bits per heavy atom. The maximum atomic E-state index is 11.2. The summed E-state index contributed by atoms with van der Waals surface area (Å²) in [5.74, 6) is 0.806. The Bertz CT molecular complexity index is 425. The van der Waals surface area contributed by atoms with Gasteiger partial charge in [-0.05, 0) is 24.1 Å². The highest BCUT2D eigenvalue weighted by atomic mass is 32.2. The third kappa shape index (κ3) is 3.83. The fourth-order valence-corrected chi connectivity index (χ4v) is 1.67. The monoisotopic (exact) mass is 243 g/mol. The van der Waals surface area contributed by atoms with Gasteiger partial charge in [-0.25, -0.2) is 12.7 Å². The lowest BCUT2D eigenvalue weighted by Crippen LogP contribution is -2.27. The molecule has 0 amide bonds. The third-order valence-electron chi connectivity index (χ3n) is 2.44. The van der Waals surface area contributed by atoms with Crippen molar-refractivity contribution in [2.24, 2.45) is 0 Å². The maximum Gasteiger partial charge on any atom is 0.210 e. The van der Waals surface area contributed by atoms with Crippen LogP contribution in [0.3, 0.4) is 0 Å².